The molecule has 0 saturated carbocycles. The molecule has 10 heteroatoms. The average Bonchev–Trinajstić information content (AvgIpc) is 3.03. The Morgan fingerprint density at radius 3 is 1.22 bits per heavy atom. The first kappa shape index (κ1) is 48.2. The number of carbonyl (C=O) groups excluding carboxylic acids is 2. The predicted molar refractivity (Wildman–Crippen MR) is 182 cm³/mol. The summed E-state index contributed by atoms with van der Waals surface area (Å²) in [6.45, 7) is 3.79. The van der Waals surface area contributed by atoms with E-state index in [4.69, 9.17) is 14.0 Å². The van der Waals surface area contributed by atoms with Crippen LogP contribution in [0.15, 0.2) is 0 Å². The van der Waals surface area contributed by atoms with Crippen LogP contribution in [0.5, 0.6) is 0 Å². The van der Waals surface area contributed by atoms with Gasteiger partial charge in [0, 0.05) is 20.0 Å². The number of hydrogen-bond donors (Lipinski definition) is 0. The van der Waals surface area contributed by atoms with Crippen molar-refractivity contribution in [1.29, 1.82) is 0 Å². The fourth-order valence-electron chi connectivity index (χ4n) is 5.42. The smallest absolute Gasteiger partial charge is 0.756 e. The number of phosphoric acid groups is 1. The maximum absolute atomic E-state index is 12.4. The molecule has 1 unspecified atom stereocenters. The summed E-state index contributed by atoms with van der Waals surface area (Å²) in [5.41, 5.74) is 0. The van der Waals surface area contributed by atoms with Crippen molar-refractivity contribution in [3.63, 3.8) is 0 Å². The fourth-order valence-corrected chi connectivity index (χ4v) is 5.87. The van der Waals surface area contributed by atoms with E-state index in [0.717, 1.165) is 39.2 Å². The molecule has 0 fully saturated rings. The zero-order valence-electron chi connectivity index (χ0n) is 30.5. The molecule has 0 aromatic heterocycles. The van der Waals surface area contributed by atoms with Crippen LogP contribution in [0.3, 0.4) is 0 Å². The van der Waals surface area contributed by atoms with E-state index in [1.165, 1.54) is 128 Å². The molecule has 0 radical (unpaired) electrons. The first-order chi connectivity index (χ1) is 21.8. The average molecular weight is 685 g/mol. The zero-order chi connectivity index (χ0) is 33.3. The molecule has 8 nitrogen and oxygen atoms in total. The minimum absolute atomic E-state index is 0. The Bertz CT molecular complexity index is 724. The van der Waals surface area contributed by atoms with Gasteiger partial charge in [0.1, 0.15) is 6.61 Å². The van der Waals surface area contributed by atoms with Crippen LogP contribution >= 0.6 is 7.82 Å². The molecule has 0 aromatic carbocycles. The number of unbranched alkanes of at least 4 members (excludes halogenated alkanes) is 24. The molecule has 0 bridgehead atoms. The van der Waals surface area contributed by atoms with Crippen molar-refractivity contribution in [1.82, 2.24) is 0 Å². The maximum atomic E-state index is 12.4. The zero-order valence-corrected chi connectivity index (χ0v) is 33.4. The minimum atomic E-state index is -4.49. The van der Waals surface area contributed by atoms with Gasteiger partial charge in [0.05, 0.1) is 6.61 Å². The van der Waals surface area contributed by atoms with Crippen LogP contribution in [0.4, 0.5) is 0 Å². The Kier molecular flexibility index (Phi) is 38.0. The molecule has 46 heavy (non-hydrogen) atoms. The van der Waals surface area contributed by atoms with Gasteiger partial charge in [0.2, 0.25) is 0 Å². The van der Waals surface area contributed by atoms with Crippen molar-refractivity contribution in [2.75, 3.05) is 20.3 Å². The molecule has 0 saturated heterocycles. The summed E-state index contributed by atoms with van der Waals surface area (Å²) in [6, 6.07) is 0. The van der Waals surface area contributed by atoms with E-state index in [1.807, 2.05) is 0 Å². The SMILES string of the molecule is CCCCCCCCCCCCCCCC(=O)OC[C@H](COP(=O)([O-])OC)OC(=O)CCCCCCCCCCCCCCC.[Na+]. The van der Waals surface area contributed by atoms with Gasteiger partial charge < -0.3 is 23.4 Å². The quantitative estimate of drug-likeness (QED) is 0.0292. The molecule has 0 spiro atoms. The molecule has 268 valence electrons. The summed E-state index contributed by atoms with van der Waals surface area (Å²) in [5.74, 6) is -0.829. The summed E-state index contributed by atoms with van der Waals surface area (Å²) in [6.07, 6.45) is 31.3. The third-order valence-corrected chi connectivity index (χ3v) is 9.25. The summed E-state index contributed by atoms with van der Waals surface area (Å²) in [5, 5.41) is 0. The molecule has 0 aliphatic heterocycles. The molecular formula is C36H70NaO8P. The molecule has 0 rings (SSSR count). The van der Waals surface area contributed by atoms with Crippen molar-refractivity contribution in [3.8, 4) is 0 Å². The standard InChI is InChI=1S/C36H71O8P.Na/c1-4-6-8-10-12-14-16-18-20-22-24-26-28-30-35(37)42-32-34(33-43-45(39,40)41-3)44-36(38)31-29-27-25-23-21-19-17-15-13-11-9-7-5-2;/h34H,4-33H2,1-3H3,(H,39,40);/q;+1/p-1/t34-;/m1./s1. The third-order valence-electron chi connectivity index (χ3n) is 8.34. The Morgan fingerprint density at radius 2 is 0.870 bits per heavy atom. The van der Waals surface area contributed by atoms with Gasteiger partial charge in [0.15, 0.2) is 6.10 Å². The van der Waals surface area contributed by atoms with Crippen LogP contribution in [0.2, 0.25) is 0 Å². The van der Waals surface area contributed by atoms with E-state index in [2.05, 4.69) is 18.4 Å². The molecule has 0 aromatic rings. The van der Waals surface area contributed by atoms with Crippen molar-refractivity contribution >= 4 is 19.8 Å². The van der Waals surface area contributed by atoms with Crippen LogP contribution in [-0.4, -0.2) is 38.4 Å². The van der Waals surface area contributed by atoms with Crippen LogP contribution in [0.25, 0.3) is 0 Å². The monoisotopic (exact) mass is 684 g/mol. The van der Waals surface area contributed by atoms with E-state index in [-0.39, 0.29) is 55.0 Å². The van der Waals surface area contributed by atoms with Crippen LogP contribution in [0, 0.1) is 0 Å². The number of esters is 2. The molecular weight excluding hydrogens is 614 g/mol. The summed E-state index contributed by atoms with van der Waals surface area (Å²) in [4.78, 5) is 36.3. The van der Waals surface area contributed by atoms with E-state index < -0.39 is 26.5 Å². The Morgan fingerprint density at radius 1 is 0.543 bits per heavy atom. The van der Waals surface area contributed by atoms with E-state index >= 15 is 0 Å². The Balaban J connectivity index is 0. The molecule has 0 N–H and O–H groups in total. The maximum Gasteiger partial charge on any atom is 1.00 e. The second-order valence-corrected chi connectivity index (χ2v) is 14.2. The third kappa shape index (κ3) is 35.4. The second kappa shape index (κ2) is 36.3. The molecule has 0 heterocycles. The van der Waals surface area contributed by atoms with Crippen molar-refractivity contribution in [2.24, 2.45) is 0 Å². The van der Waals surface area contributed by atoms with Crippen molar-refractivity contribution in [3.05, 3.63) is 0 Å². The number of ether oxygens (including phenoxy) is 2. The fraction of sp³-hybridized carbons (Fsp3) is 0.944. The van der Waals surface area contributed by atoms with E-state index in [0.29, 0.717) is 6.42 Å². The van der Waals surface area contributed by atoms with Gasteiger partial charge in [-0.15, -0.1) is 0 Å². The van der Waals surface area contributed by atoms with Gasteiger partial charge in [-0.25, -0.2) is 0 Å². The van der Waals surface area contributed by atoms with Gasteiger partial charge >= 0.3 is 41.5 Å². The van der Waals surface area contributed by atoms with Crippen molar-refractivity contribution < 1.29 is 67.1 Å². The van der Waals surface area contributed by atoms with Gasteiger partial charge in [0.25, 0.3) is 7.82 Å². The number of hydrogen-bond acceptors (Lipinski definition) is 8. The first-order valence-corrected chi connectivity index (χ1v) is 20.2. The molecule has 0 amide bonds. The predicted octanol–water partition coefficient (Wildman–Crippen LogP) is 7.54. The number of carbonyl (C=O) groups is 2. The van der Waals surface area contributed by atoms with Gasteiger partial charge in [-0.2, -0.15) is 0 Å². The first-order valence-electron chi connectivity index (χ1n) is 18.7. The topological polar surface area (TPSA) is 111 Å². The van der Waals surface area contributed by atoms with Gasteiger partial charge in [-0.05, 0) is 12.8 Å². The van der Waals surface area contributed by atoms with Crippen LogP contribution in [-0.2, 0) is 32.7 Å². The van der Waals surface area contributed by atoms with Crippen LogP contribution < -0.4 is 34.5 Å². The minimum Gasteiger partial charge on any atom is -0.756 e. The molecule has 2 atom stereocenters. The van der Waals surface area contributed by atoms with Gasteiger partial charge in [-0.1, -0.05) is 168 Å². The largest absolute Gasteiger partial charge is 1.00 e. The normalized spacial score (nSPS) is 13.1. The van der Waals surface area contributed by atoms with Gasteiger partial charge in [-0.3, -0.25) is 14.2 Å². The molecule has 0 aliphatic rings. The number of phosphoric ester groups is 1. The van der Waals surface area contributed by atoms with Crippen molar-refractivity contribution in [2.45, 2.75) is 200 Å². The van der Waals surface area contributed by atoms with Crippen LogP contribution in [0.1, 0.15) is 194 Å². The second-order valence-electron chi connectivity index (χ2n) is 12.7. The summed E-state index contributed by atoms with van der Waals surface area (Å²) >= 11 is 0. The summed E-state index contributed by atoms with van der Waals surface area (Å²) < 4.78 is 31.5. The molecule has 0 aliphatic carbocycles. The van der Waals surface area contributed by atoms with E-state index in [1.54, 1.807) is 0 Å². The number of rotatable bonds is 35. The van der Waals surface area contributed by atoms with E-state index in [9.17, 15) is 19.0 Å². The Hall–Kier alpha value is 0.0500. The summed E-state index contributed by atoms with van der Waals surface area (Å²) in [7, 11) is -3.50. The Labute approximate surface area is 305 Å².